The molecule has 5 nitrogen and oxygen atoms in total. The number of rotatable bonds is 5. The van der Waals surface area contributed by atoms with Gasteiger partial charge in [0.05, 0.1) is 19.3 Å². The van der Waals surface area contributed by atoms with E-state index in [1.165, 1.54) is 6.08 Å². The van der Waals surface area contributed by atoms with Crippen LogP contribution in [-0.4, -0.2) is 32.1 Å². The van der Waals surface area contributed by atoms with Gasteiger partial charge in [-0.05, 0) is 12.5 Å². The van der Waals surface area contributed by atoms with Gasteiger partial charge in [-0.2, -0.15) is 0 Å². The first kappa shape index (κ1) is 14.6. The van der Waals surface area contributed by atoms with E-state index in [1.807, 2.05) is 30.3 Å². The van der Waals surface area contributed by atoms with Crippen LogP contribution in [0.4, 0.5) is 0 Å². The molecule has 0 radical (unpaired) electrons. The molecule has 0 aliphatic carbocycles. The predicted octanol–water partition coefficient (Wildman–Crippen LogP) is 2.02. The molecule has 0 saturated carbocycles. The zero-order valence-electron chi connectivity index (χ0n) is 11.4. The quantitative estimate of drug-likeness (QED) is 0.468. The molecule has 1 aromatic rings. The third kappa shape index (κ3) is 5.03. The molecule has 0 aromatic heterocycles. The molecule has 2 rings (SSSR count). The van der Waals surface area contributed by atoms with Gasteiger partial charge in [-0.25, -0.2) is 4.79 Å². The number of carbonyl (C=O) groups is 1. The van der Waals surface area contributed by atoms with Crippen molar-refractivity contribution in [3.63, 3.8) is 0 Å². The Kier molecular flexibility index (Phi) is 5.58. The second-order valence-electron chi connectivity index (χ2n) is 4.34. The second-order valence-corrected chi connectivity index (χ2v) is 4.34. The van der Waals surface area contributed by atoms with Crippen LogP contribution in [-0.2, 0) is 30.3 Å². The van der Waals surface area contributed by atoms with Crippen LogP contribution in [0.1, 0.15) is 12.5 Å². The Labute approximate surface area is 118 Å². The fourth-order valence-corrected chi connectivity index (χ4v) is 1.71. The number of hydrogen-bond acceptors (Lipinski definition) is 5. The molecule has 1 aliphatic rings. The van der Waals surface area contributed by atoms with Crippen molar-refractivity contribution in [2.24, 2.45) is 0 Å². The summed E-state index contributed by atoms with van der Waals surface area (Å²) in [5.74, 6) is 0.00152. The lowest BCUT2D eigenvalue weighted by atomic mass is 10.2. The summed E-state index contributed by atoms with van der Waals surface area (Å²) in [5.41, 5.74) is 0.942. The highest BCUT2D eigenvalue weighted by Gasteiger charge is 2.15. The van der Waals surface area contributed by atoms with Crippen LogP contribution in [0.5, 0.6) is 0 Å². The fourth-order valence-electron chi connectivity index (χ4n) is 1.71. The van der Waals surface area contributed by atoms with Crippen LogP contribution in [0.25, 0.3) is 0 Å². The number of carbonyl (C=O) groups excluding carboxylic acids is 1. The minimum absolute atomic E-state index is 0.243. The first-order valence-electron chi connectivity index (χ1n) is 6.49. The Bertz CT molecular complexity index is 449. The lowest BCUT2D eigenvalue weighted by Gasteiger charge is -2.23. The molecule has 1 fully saturated rings. The third-order valence-corrected chi connectivity index (χ3v) is 2.65. The standard InChI is InChI=1S/C15H18O5/c1-12(20-15-11-17-7-8-18-15)9-14(16)19-10-13-5-3-2-4-6-13/h2-6,9,15H,7-8,10-11H2,1H3/b12-9+. The Morgan fingerprint density at radius 3 is 2.85 bits per heavy atom. The van der Waals surface area contributed by atoms with E-state index in [0.717, 1.165) is 5.56 Å². The molecule has 20 heavy (non-hydrogen) atoms. The van der Waals surface area contributed by atoms with Gasteiger partial charge in [-0.15, -0.1) is 0 Å². The van der Waals surface area contributed by atoms with E-state index in [4.69, 9.17) is 18.9 Å². The van der Waals surface area contributed by atoms with Crippen LogP contribution in [0.2, 0.25) is 0 Å². The fraction of sp³-hybridized carbons (Fsp3) is 0.400. The molecule has 0 bridgehead atoms. The van der Waals surface area contributed by atoms with Gasteiger partial charge < -0.3 is 18.9 Å². The second kappa shape index (κ2) is 7.67. The third-order valence-electron chi connectivity index (χ3n) is 2.65. The Hall–Kier alpha value is -1.85. The SMILES string of the molecule is C/C(=C\C(=O)OCc1ccccc1)OC1COCCO1. The number of allylic oxidation sites excluding steroid dienone is 1. The molecule has 1 unspecified atom stereocenters. The molecule has 1 heterocycles. The Balaban J connectivity index is 1.75. The summed E-state index contributed by atoms with van der Waals surface area (Å²) < 4.78 is 21.1. The summed E-state index contributed by atoms with van der Waals surface area (Å²) in [6.07, 6.45) is 0.850. The number of esters is 1. The number of benzene rings is 1. The molecule has 5 heteroatoms. The highest BCUT2D eigenvalue weighted by Crippen LogP contribution is 2.09. The molecule has 0 N–H and O–H groups in total. The van der Waals surface area contributed by atoms with Crippen LogP contribution < -0.4 is 0 Å². The lowest BCUT2D eigenvalue weighted by molar-refractivity contribution is -0.194. The van der Waals surface area contributed by atoms with Gasteiger partial charge in [-0.1, -0.05) is 30.3 Å². The number of hydrogen-bond donors (Lipinski definition) is 0. The Morgan fingerprint density at radius 2 is 2.15 bits per heavy atom. The van der Waals surface area contributed by atoms with Crippen LogP contribution in [0.3, 0.4) is 0 Å². The predicted molar refractivity (Wildman–Crippen MR) is 71.6 cm³/mol. The molecule has 0 spiro atoms. The average molecular weight is 278 g/mol. The minimum atomic E-state index is -0.457. The Morgan fingerprint density at radius 1 is 1.35 bits per heavy atom. The number of ether oxygens (including phenoxy) is 4. The summed E-state index contributed by atoms with van der Waals surface area (Å²) in [7, 11) is 0. The van der Waals surface area contributed by atoms with Gasteiger partial charge in [-0.3, -0.25) is 0 Å². The van der Waals surface area contributed by atoms with Crippen LogP contribution in [0.15, 0.2) is 42.2 Å². The average Bonchev–Trinajstić information content (AvgIpc) is 2.47. The van der Waals surface area contributed by atoms with Crippen molar-refractivity contribution < 1.29 is 23.7 Å². The molecular weight excluding hydrogens is 260 g/mol. The summed E-state index contributed by atoms with van der Waals surface area (Å²) in [4.78, 5) is 11.6. The molecule has 108 valence electrons. The van der Waals surface area contributed by atoms with Crippen molar-refractivity contribution in [1.29, 1.82) is 0 Å². The van der Waals surface area contributed by atoms with Crippen molar-refractivity contribution in [1.82, 2.24) is 0 Å². The van der Waals surface area contributed by atoms with E-state index < -0.39 is 12.3 Å². The molecule has 1 atom stereocenters. The maximum Gasteiger partial charge on any atom is 0.334 e. The summed E-state index contributed by atoms with van der Waals surface area (Å²) in [5, 5.41) is 0. The first-order chi connectivity index (χ1) is 9.74. The summed E-state index contributed by atoms with van der Waals surface area (Å²) in [6, 6.07) is 9.50. The van der Waals surface area contributed by atoms with Crippen LogP contribution in [0, 0.1) is 0 Å². The highest BCUT2D eigenvalue weighted by molar-refractivity contribution is 5.82. The van der Waals surface area contributed by atoms with Crippen molar-refractivity contribution in [2.75, 3.05) is 19.8 Å². The molecule has 1 saturated heterocycles. The van der Waals surface area contributed by atoms with Crippen LogP contribution >= 0.6 is 0 Å². The molecule has 1 aliphatic heterocycles. The summed E-state index contributed by atoms with van der Waals surface area (Å²) >= 11 is 0. The smallest absolute Gasteiger partial charge is 0.334 e. The molecule has 1 aromatic carbocycles. The topological polar surface area (TPSA) is 54.0 Å². The minimum Gasteiger partial charge on any atom is -0.467 e. The zero-order chi connectivity index (χ0) is 14.2. The molecule has 0 amide bonds. The van der Waals surface area contributed by atoms with E-state index in [2.05, 4.69) is 0 Å². The summed E-state index contributed by atoms with van der Waals surface area (Å²) in [6.45, 7) is 3.36. The highest BCUT2D eigenvalue weighted by atomic mass is 16.7. The van der Waals surface area contributed by atoms with E-state index >= 15 is 0 Å². The van der Waals surface area contributed by atoms with Crippen molar-refractivity contribution in [2.45, 2.75) is 19.8 Å². The van der Waals surface area contributed by atoms with Crippen molar-refractivity contribution in [3.8, 4) is 0 Å². The van der Waals surface area contributed by atoms with Gasteiger partial charge in [0.1, 0.15) is 19.0 Å². The monoisotopic (exact) mass is 278 g/mol. The van der Waals surface area contributed by atoms with E-state index in [0.29, 0.717) is 25.6 Å². The maximum absolute atomic E-state index is 11.6. The molecular formula is C15H18O5. The van der Waals surface area contributed by atoms with E-state index in [1.54, 1.807) is 6.92 Å². The van der Waals surface area contributed by atoms with Gasteiger partial charge in [0, 0.05) is 0 Å². The van der Waals surface area contributed by atoms with Gasteiger partial charge >= 0.3 is 5.97 Å². The van der Waals surface area contributed by atoms with Gasteiger partial charge in [0.25, 0.3) is 0 Å². The van der Waals surface area contributed by atoms with Crippen molar-refractivity contribution in [3.05, 3.63) is 47.7 Å². The van der Waals surface area contributed by atoms with E-state index in [9.17, 15) is 4.79 Å². The maximum atomic E-state index is 11.6. The van der Waals surface area contributed by atoms with Crippen molar-refractivity contribution >= 4 is 5.97 Å². The normalized spacial score (nSPS) is 19.4. The van der Waals surface area contributed by atoms with Gasteiger partial charge in [0.2, 0.25) is 6.29 Å². The van der Waals surface area contributed by atoms with Gasteiger partial charge in [0.15, 0.2) is 0 Å². The zero-order valence-corrected chi connectivity index (χ0v) is 11.4. The lowest BCUT2D eigenvalue weighted by Crippen LogP contribution is -2.30. The first-order valence-corrected chi connectivity index (χ1v) is 6.49. The largest absolute Gasteiger partial charge is 0.467 e. The van der Waals surface area contributed by atoms with E-state index in [-0.39, 0.29) is 6.61 Å².